The number of nitrogens with one attached hydrogen (secondary N) is 1. The van der Waals surface area contributed by atoms with E-state index in [1.165, 1.54) is 0 Å². The number of amides is 1. The van der Waals surface area contributed by atoms with Gasteiger partial charge in [-0.2, -0.15) is 0 Å². The number of nitrogens with zero attached hydrogens (tertiary/aromatic N) is 1. The zero-order valence-electron chi connectivity index (χ0n) is 15.9. The molecule has 0 saturated heterocycles. The van der Waals surface area contributed by atoms with Crippen LogP contribution in [0.4, 0.5) is 11.4 Å². The van der Waals surface area contributed by atoms with E-state index in [2.05, 4.69) is 5.32 Å². The predicted octanol–water partition coefficient (Wildman–Crippen LogP) is 4.87. The molecule has 0 spiro atoms. The van der Waals surface area contributed by atoms with Gasteiger partial charge >= 0.3 is 0 Å². The summed E-state index contributed by atoms with van der Waals surface area (Å²) < 4.78 is 11.0. The Labute approximate surface area is 164 Å². The Morgan fingerprint density at radius 2 is 1.68 bits per heavy atom. The molecule has 142 valence electrons. The quantitative estimate of drug-likeness (QED) is 0.669. The van der Waals surface area contributed by atoms with E-state index in [0.29, 0.717) is 12.2 Å². The Morgan fingerprint density at radius 1 is 0.964 bits per heavy atom. The van der Waals surface area contributed by atoms with Gasteiger partial charge in [0.2, 0.25) is 0 Å². The average molecular weight is 374 g/mol. The van der Waals surface area contributed by atoms with Gasteiger partial charge in [-0.15, -0.1) is 0 Å². The van der Waals surface area contributed by atoms with Crippen LogP contribution in [0, 0.1) is 0 Å². The molecule has 0 radical (unpaired) electrons. The van der Waals surface area contributed by atoms with Gasteiger partial charge in [0, 0.05) is 16.8 Å². The van der Waals surface area contributed by atoms with E-state index in [-0.39, 0.29) is 12.1 Å². The molecule has 0 fully saturated rings. The molecule has 0 saturated carbocycles. The minimum Gasteiger partial charge on any atom is -0.495 e. The van der Waals surface area contributed by atoms with Crippen LogP contribution >= 0.6 is 0 Å². The van der Waals surface area contributed by atoms with E-state index in [1.54, 1.807) is 12.0 Å². The molecule has 1 heterocycles. The maximum Gasteiger partial charge on any atom is 0.260 e. The van der Waals surface area contributed by atoms with Crippen LogP contribution in [-0.2, 0) is 0 Å². The van der Waals surface area contributed by atoms with Crippen LogP contribution in [0.2, 0.25) is 0 Å². The van der Waals surface area contributed by atoms with Crippen molar-refractivity contribution < 1.29 is 14.3 Å². The number of methoxy groups -OCH3 is 1. The first-order valence-corrected chi connectivity index (χ1v) is 9.28. The van der Waals surface area contributed by atoms with E-state index in [0.717, 1.165) is 28.4 Å². The van der Waals surface area contributed by atoms with Crippen molar-refractivity contribution in [3.05, 3.63) is 83.9 Å². The minimum absolute atomic E-state index is 0.0350. The summed E-state index contributed by atoms with van der Waals surface area (Å²) >= 11 is 0. The summed E-state index contributed by atoms with van der Waals surface area (Å²) in [6.07, 6.45) is -0.335. The number of fused-ring (bicyclic) bond motifs is 1. The second-order valence-electron chi connectivity index (χ2n) is 6.44. The molecule has 1 aliphatic heterocycles. The SMILES string of the molecule is CCOc1ccc(N2C(=O)c3ccccc3[C@H]2Nc2ccccc2OC)cc1. The summed E-state index contributed by atoms with van der Waals surface area (Å²) in [5.41, 5.74) is 3.27. The number of ether oxygens (including phenoxy) is 2. The first-order chi connectivity index (χ1) is 13.7. The lowest BCUT2D eigenvalue weighted by Gasteiger charge is -2.28. The van der Waals surface area contributed by atoms with Crippen LogP contribution in [0.5, 0.6) is 11.5 Å². The van der Waals surface area contributed by atoms with Crippen molar-refractivity contribution in [2.45, 2.75) is 13.1 Å². The monoisotopic (exact) mass is 374 g/mol. The number of carbonyl (C=O) groups excluding carboxylic acids is 1. The summed E-state index contributed by atoms with van der Waals surface area (Å²) in [5.74, 6) is 1.47. The summed E-state index contributed by atoms with van der Waals surface area (Å²) in [5, 5.41) is 3.48. The van der Waals surface area contributed by atoms with Gasteiger partial charge in [-0.1, -0.05) is 30.3 Å². The third kappa shape index (κ3) is 3.16. The average Bonchev–Trinajstić information content (AvgIpc) is 3.01. The Balaban J connectivity index is 1.74. The number of anilines is 2. The first-order valence-electron chi connectivity index (χ1n) is 9.28. The van der Waals surface area contributed by atoms with Gasteiger partial charge in [0.05, 0.1) is 19.4 Å². The number of hydrogen-bond acceptors (Lipinski definition) is 4. The maximum atomic E-state index is 13.2. The van der Waals surface area contributed by atoms with Crippen LogP contribution in [0.3, 0.4) is 0 Å². The molecule has 4 rings (SSSR count). The van der Waals surface area contributed by atoms with Gasteiger partial charge in [-0.25, -0.2) is 0 Å². The highest BCUT2D eigenvalue weighted by Gasteiger charge is 2.37. The number of hydrogen-bond donors (Lipinski definition) is 1. The standard InChI is InChI=1S/C23H22N2O3/c1-3-28-17-14-12-16(13-15-17)25-22(18-8-4-5-9-19(18)23(25)26)24-20-10-6-7-11-21(20)27-2/h4-15,22,24H,3H2,1-2H3/t22-/m0/s1. The molecule has 1 aliphatic rings. The van der Waals surface area contributed by atoms with Crippen LogP contribution < -0.4 is 19.7 Å². The van der Waals surface area contributed by atoms with E-state index in [9.17, 15) is 4.79 Å². The molecule has 1 N–H and O–H groups in total. The van der Waals surface area contributed by atoms with Gasteiger partial charge in [0.15, 0.2) is 0 Å². The van der Waals surface area contributed by atoms with Crippen molar-refractivity contribution in [1.82, 2.24) is 0 Å². The zero-order chi connectivity index (χ0) is 19.5. The van der Waals surface area contributed by atoms with E-state index >= 15 is 0 Å². The lowest BCUT2D eigenvalue weighted by Crippen LogP contribution is -2.32. The van der Waals surface area contributed by atoms with Crippen molar-refractivity contribution in [3.8, 4) is 11.5 Å². The van der Waals surface area contributed by atoms with E-state index in [1.807, 2.05) is 79.7 Å². The van der Waals surface area contributed by atoms with Crippen molar-refractivity contribution in [2.75, 3.05) is 23.9 Å². The van der Waals surface area contributed by atoms with Crippen LogP contribution in [0.15, 0.2) is 72.8 Å². The largest absolute Gasteiger partial charge is 0.495 e. The highest BCUT2D eigenvalue weighted by molar-refractivity contribution is 6.11. The normalized spacial score (nSPS) is 15.3. The molecule has 1 amide bonds. The van der Waals surface area contributed by atoms with Crippen LogP contribution in [0.1, 0.15) is 29.0 Å². The number of benzene rings is 3. The van der Waals surface area contributed by atoms with E-state index < -0.39 is 0 Å². The molecule has 0 aliphatic carbocycles. The van der Waals surface area contributed by atoms with Crippen molar-refractivity contribution in [1.29, 1.82) is 0 Å². The molecule has 28 heavy (non-hydrogen) atoms. The highest BCUT2D eigenvalue weighted by Crippen LogP contribution is 2.39. The van der Waals surface area contributed by atoms with Crippen LogP contribution in [-0.4, -0.2) is 19.6 Å². The molecule has 0 bridgehead atoms. The topological polar surface area (TPSA) is 50.8 Å². The first kappa shape index (κ1) is 17.9. The second kappa shape index (κ2) is 7.64. The number of carbonyl (C=O) groups is 1. The smallest absolute Gasteiger partial charge is 0.260 e. The van der Waals surface area contributed by atoms with Gasteiger partial charge < -0.3 is 14.8 Å². The Morgan fingerprint density at radius 3 is 2.43 bits per heavy atom. The Hall–Kier alpha value is -3.47. The molecule has 3 aromatic rings. The zero-order valence-corrected chi connectivity index (χ0v) is 15.9. The Bertz CT molecular complexity index is 985. The van der Waals surface area contributed by atoms with Crippen LogP contribution in [0.25, 0.3) is 0 Å². The minimum atomic E-state index is -0.335. The molecular formula is C23H22N2O3. The van der Waals surface area contributed by atoms with Gasteiger partial charge in [0.25, 0.3) is 5.91 Å². The fourth-order valence-electron chi connectivity index (χ4n) is 3.51. The third-order valence-corrected chi connectivity index (χ3v) is 4.79. The summed E-state index contributed by atoms with van der Waals surface area (Å²) in [6, 6.07) is 23.0. The van der Waals surface area contributed by atoms with Crippen molar-refractivity contribution in [2.24, 2.45) is 0 Å². The van der Waals surface area contributed by atoms with E-state index in [4.69, 9.17) is 9.47 Å². The molecule has 5 nitrogen and oxygen atoms in total. The molecule has 1 atom stereocenters. The van der Waals surface area contributed by atoms with Crippen molar-refractivity contribution in [3.63, 3.8) is 0 Å². The summed E-state index contributed by atoms with van der Waals surface area (Å²) in [7, 11) is 1.64. The Kier molecular flexibility index (Phi) is 4.89. The highest BCUT2D eigenvalue weighted by atomic mass is 16.5. The molecule has 3 aromatic carbocycles. The van der Waals surface area contributed by atoms with Gasteiger partial charge in [0.1, 0.15) is 17.7 Å². The summed E-state index contributed by atoms with van der Waals surface area (Å²) in [4.78, 5) is 15.0. The number of para-hydroxylation sites is 2. The van der Waals surface area contributed by atoms with Crippen molar-refractivity contribution >= 4 is 17.3 Å². The molecular weight excluding hydrogens is 352 g/mol. The molecule has 5 heteroatoms. The third-order valence-electron chi connectivity index (χ3n) is 4.79. The molecule has 0 aromatic heterocycles. The molecule has 0 unspecified atom stereocenters. The predicted molar refractivity (Wildman–Crippen MR) is 110 cm³/mol. The lowest BCUT2D eigenvalue weighted by molar-refractivity contribution is 0.0993. The van der Waals surface area contributed by atoms with Gasteiger partial charge in [-0.3, -0.25) is 9.69 Å². The lowest BCUT2D eigenvalue weighted by atomic mass is 10.1. The fraction of sp³-hybridized carbons (Fsp3) is 0.174. The van der Waals surface area contributed by atoms with Gasteiger partial charge in [-0.05, 0) is 49.4 Å². The number of rotatable bonds is 6. The maximum absolute atomic E-state index is 13.2. The second-order valence-corrected chi connectivity index (χ2v) is 6.44. The summed E-state index contributed by atoms with van der Waals surface area (Å²) in [6.45, 7) is 2.55. The fourth-order valence-corrected chi connectivity index (χ4v) is 3.51.